The second-order valence-corrected chi connectivity index (χ2v) is 20.0. The Morgan fingerprint density at radius 2 is 0.931 bits per heavy atom. The largest absolute Gasteiger partial charge is 0.331 e. The quantitative estimate of drug-likeness (QED) is 0.0822. The van der Waals surface area contributed by atoms with Crippen molar-refractivity contribution in [3.05, 3.63) is 178 Å². The van der Waals surface area contributed by atoms with E-state index in [1.807, 2.05) is 110 Å². The van der Waals surface area contributed by atoms with Gasteiger partial charge < -0.3 is 31.1 Å². The van der Waals surface area contributed by atoms with Crippen LogP contribution in [0.15, 0.2) is 145 Å². The predicted octanol–water partition coefficient (Wildman–Crippen LogP) is 10.5. The van der Waals surface area contributed by atoms with Crippen molar-refractivity contribution in [1.82, 2.24) is 39.5 Å². The summed E-state index contributed by atoms with van der Waals surface area (Å²) in [5.41, 5.74) is 12.9. The number of anilines is 6. The molecule has 2 saturated heterocycles. The summed E-state index contributed by atoms with van der Waals surface area (Å²) in [7, 11) is 4.33. The number of piperazine rings is 2. The summed E-state index contributed by atoms with van der Waals surface area (Å²) < 4.78 is 0. The Balaban J connectivity index is 0.000000178. The van der Waals surface area contributed by atoms with Gasteiger partial charge in [0.25, 0.3) is 11.8 Å². The van der Waals surface area contributed by atoms with E-state index in [-0.39, 0.29) is 11.8 Å². The van der Waals surface area contributed by atoms with Gasteiger partial charge in [0.15, 0.2) is 10.3 Å². The molecule has 14 nitrogen and oxygen atoms in total. The molecule has 0 aliphatic carbocycles. The minimum Gasteiger partial charge on any atom is -0.331 e. The zero-order chi connectivity index (χ0) is 49.8. The van der Waals surface area contributed by atoms with E-state index in [4.69, 9.17) is 0 Å². The zero-order valence-corrected chi connectivity index (χ0v) is 42.8. The first-order valence-electron chi connectivity index (χ1n) is 24.2. The van der Waals surface area contributed by atoms with E-state index in [9.17, 15) is 9.59 Å². The average Bonchev–Trinajstić information content (AvgIpc) is 4.09. The molecule has 4 N–H and O–H groups in total. The lowest BCUT2D eigenvalue weighted by Crippen LogP contribution is -2.43. The van der Waals surface area contributed by atoms with Crippen molar-refractivity contribution in [1.29, 1.82) is 0 Å². The number of likely N-dealkylation sites (N-methyl/N-ethyl adjacent to an activating group) is 2. The van der Waals surface area contributed by atoms with Gasteiger partial charge in [-0.2, -0.15) is 0 Å². The topological polar surface area (TPSA) is 147 Å². The Morgan fingerprint density at radius 3 is 1.31 bits per heavy atom. The summed E-state index contributed by atoms with van der Waals surface area (Å²) in [6, 6.07) is 35.3. The van der Waals surface area contributed by atoms with Crippen molar-refractivity contribution in [3.8, 4) is 22.5 Å². The highest BCUT2D eigenvalue weighted by Gasteiger charge is 2.17. The minimum atomic E-state index is -0.121. The Bertz CT molecular complexity index is 2830. The molecule has 8 aromatic rings. The third-order valence-corrected chi connectivity index (χ3v) is 14.3. The number of carbonyl (C=O) groups is 2. The smallest absolute Gasteiger partial charge is 0.255 e. The number of nitrogens with zero attached hydrogens (tertiary/aromatic N) is 8. The fraction of sp³-hybridized carbons (Fsp3) is 0.250. The molecular formula is C56H60N12O2S2. The number of rotatable bonds is 14. The van der Waals surface area contributed by atoms with Gasteiger partial charge in [-0.05, 0) is 123 Å². The van der Waals surface area contributed by atoms with E-state index < -0.39 is 0 Å². The monoisotopic (exact) mass is 996 g/mol. The van der Waals surface area contributed by atoms with E-state index in [0.717, 1.165) is 132 Å². The molecule has 72 heavy (non-hydrogen) atoms. The second kappa shape index (κ2) is 23.8. The number of carbonyl (C=O) groups excluding carboxylic acids is 2. The van der Waals surface area contributed by atoms with E-state index in [2.05, 4.69) is 99.2 Å². The van der Waals surface area contributed by atoms with Crippen LogP contribution in [-0.4, -0.2) is 118 Å². The fourth-order valence-electron chi connectivity index (χ4n) is 8.31. The van der Waals surface area contributed by atoms with Crippen molar-refractivity contribution in [2.45, 2.75) is 26.9 Å². The van der Waals surface area contributed by atoms with Gasteiger partial charge in [0.05, 0.1) is 11.4 Å². The number of nitrogens with one attached hydrogen (secondary N) is 4. The number of pyridine rings is 2. The van der Waals surface area contributed by atoms with E-state index >= 15 is 0 Å². The lowest BCUT2D eigenvalue weighted by Gasteiger charge is -2.32. The lowest BCUT2D eigenvalue weighted by molar-refractivity contribution is 0.101. The molecule has 0 bridgehead atoms. The second-order valence-electron chi connectivity index (χ2n) is 18.3. The van der Waals surface area contributed by atoms with Crippen molar-refractivity contribution in [3.63, 3.8) is 0 Å². The van der Waals surface area contributed by atoms with Crippen LogP contribution >= 0.6 is 22.7 Å². The SMILES string of the molecule is Cc1ccc(NC(=O)c2ccc(CN3CCN(C)CC3)cc2)cc1Nc1nc(-c2cccnc2)cs1.Cc1ccc(NC(=O)c2ccc(CN3CCN(C)CC3)cc2)cc1Nc1nc(-c2cccnc2)cs1. The maximum absolute atomic E-state index is 12.9. The van der Waals surface area contributed by atoms with Gasteiger partial charge in [0.1, 0.15) is 0 Å². The fourth-order valence-corrected chi connectivity index (χ4v) is 9.78. The molecule has 4 aromatic carbocycles. The van der Waals surface area contributed by atoms with Crippen LogP contribution in [0.5, 0.6) is 0 Å². The van der Waals surface area contributed by atoms with Crippen LogP contribution in [0.4, 0.5) is 33.0 Å². The summed E-state index contributed by atoms with van der Waals surface area (Å²) >= 11 is 3.07. The Kier molecular flexibility index (Phi) is 16.5. The van der Waals surface area contributed by atoms with Gasteiger partial charge in [0, 0.05) is 146 Å². The molecule has 2 fully saturated rings. The number of thiazole rings is 2. The zero-order valence-electron chi connectivity index (χ0n) is 41.1. The Hall–Kier alpha value is -7.18. The summed E-state index contributed by atoms with van der Waals surface area (Å²) in [4.78, 5) is 53.1. The maximum atomic E-state index is 12.9. The van der Waals surface area contributed by atoms with Crippen LogP contribution in [0.1, 0.15) is 43.0 Å². The molecule has 2 aliphatic rings. The molecule has 0 saturated carbocycles. The van der Waals surface area contributed by atoms with Gasteiger partial charge in [-0.15, -0.1) is 22.7 Å². The first kappa shape index (κ1) is 49.8. The molecule has 10 rings (SSSR count). The molecule has 0 spiro atoms. The number of benzene rings is 4. The van der Waals surface area contributed by atoms with Gasteiger partial charge >= 0.3 is 0 Å². The number of amides is 2. The standard InChI is InChI=1S/2C28H30N6OS/c2*1-20-5-10-24(16-25(20)31-28-32-26(19-36-28)23-4-3-11-29-17-23)30-27(35)22-8-6-21(7-9-22)18-34-14-12-33(2)13-15-34/h2*3-11,16-17,19H,12-15,18H2,1-2H3,(H,30,35)(H,31,32). The average molecular weight is 997 g/mol. The predicted molar refractivity (Wildman–Crippen MR) is 294 cm³/mol. The van der Waals surface area contributed by atoms with Crippen LogP contribution in [0.25, 0.3) is 22.5 Å². The summed E-state index contributed by atoms with van der Waals surface area (Å²) in [5.74, 6) is -0.242. The van der Waals surface area contributed by atoms with Crippen molar-refractivity contribution < 1.29 is 9.59 Å². The third kappa shape index (κ3) is 13.6. The van der Waals surface area contributed by atoms with Crippen LogP contribution in [0.2, 0.25) is 0 Å². The first-order chi connectivity index (χ1) is 35.1. The molecular weight excluding hydrogens is 937 g/mol. The molecule has 2 amide bonds. The normalized spacial score (nSPS) is 14.5. The van der Waals surface area contributed by atoms with Gasteiger partial charge in [0.2, 0.25) is 0 Å². The minimum absolute atomic E-state index is 0.121. The molecule has 16 heteroatoms. The molecule has 2 aliphatic heterocycles. The van der Waals surface area contributed by atoms with E-state index in [1.165, 1.54) is 33.8 Å². The molecule has 0 atom stereocenters. The molecule has 0 radical (unpaired) electrons. The Morgan fingerprint density at radius 1 is 0.528 bits per heavy atom. The summed E-state index contributed by atoms with van der Waals surface area (Å²) in [6.07, 6.45) is 7.11. The maximum Gasteiger partial charge on any atom is 0.255 e. The summed E-state index contributed by atoms with van der Waals surface area (Å²) in [5, 5.41) is 18.4. The first-order valence-corrected chi connectivity index (χ1v) is 25.9. The van der Waals surface area contributed by atoms with Crippen LogP contribution in [0.3, 0.4) is 0 Å². The number of hydrogen-bond donors (Lipinski definition) is 4. The highest BCUT2D eigenvalue weighted by atomic mass is 32.1. The number of aromatic nitrogens is 4. The van der Waals surface area contributed by atoms with Crippen molar-refractivity contribution in [2.24, 2.45) is 0 Å². The van der Waals surface area contributed by atoms with Crippen molar-refractivity contribution in [2.75, 3.05) is 87.7 Å². The molecule has 0 unspecified atom stereocenters. The highest BCUT2D eigenvalue weighted by Crippen LogP contribution is 2.31. The third-order valence-electron chi connectivity index (χ3n) is 12.8. The van der Waals surface area contributed by atoms with Gasteiger partial charge in [-0.1, -0.05) is 36.4 Å². The van der Waals surface area contributed by atoms with Crippen LogP contribution in [-0.2, 0) is 13.1 Å². The molecule has 6 heterocycles. The van der Waals surface area contributed by atoms with Crippen LogP contribution in [0, 0.1) is 13.8 Å². The van der Waals surface area contributed by atoms with Gasteiger partial charge in [-0.25, -0.2) is 9.97 Å². The Labute approximate surface area is 429 Å². The van der Waals surface area contributed by atoms with Crippen molar-refractivity contribution >= 4 is 67.5 Å². The lowest BCUT2D eigenvalue weighted by atomic mass is 10.1. The van der Waals surface area contributed by atoms with Crippen LogP contribution < -0.4 is 21.3 Å². The number of hydrogen-bond acceptors (Lipinski definition) is 14. The highest BCUT2D eigenvalue weighted by molar-refractivity contribution is 7.14. The van der Waals surface area contributed by atoms with Gasteiger partial charge in [-0.3, -0.25) is 29.4 Å². The van der Waals surface area contributed by atoms with E-state index in [1.54, 1.807) is 24.8 Å². The number of aryl methyl sites for hydroxylation is 2. The molecule has 368 valence electrons. The summed E-state index contributed by atoms with van der Waals surface area (Å²) in [6.45, 7) is 14.6. The molecule has 4 aromatic heterocycles. The van der Waals surface area contributed by atoms with E-state index in [0.29, 0.717) is 11.1 Å².